The molecule has 2 aromatic heterocycles. The molecule has 0 radical (unpaired) electrons. The lowest BCUT2D eigenvalue weighted by Gasteiger charge is -2.59. The third-order valence-corrected chi connectivity index (χ3v) is 13.7. The zero-order valence-electron chi connectivity index (χ0n) is 30.5. The van der Waals surface area contributed by atoms with Crippen molar-refractivity contribution >= 4 is 22.8 Å². The first kappa shape index (κ1) is 36.8. The average molecular weight is 772 g/mol. The molecule has 5 saturated carbocycles. The Balaban J connectivity index is 1.03. The van der Waals surface area contributed by atoms with E-state index in [0.717, 1.165) is 58.2 Å². The molecule has 4 heterocycles. The predicted octanol–water partition coefficient (Wildman–Crippen LogP) is 7.51. The van der Waals surface area contributed by atoms with E-state index in [-0.39, 0.29) is 61.1 Å². The average Bonchev–Trinajstić information content (AvgIpc) is 3.82. The number of carboxylic acids is 1. The van der Waals surface area contributed by atoms with E-state index in [1.807, 2.05) is 10.6 Å². The van der Waals surface area contributed by atoms with Crippen molar-refractivity contribution in [3.63, 3.8) is 0 Å². The highest BCUT2D eigenvalue weighted by Crippen LogP contribution is 2.58. The Morgan fingerprint density at radius 1 is 0.945 bits per heavy atom. The molecule has 4 bridgehead atoms. The number of hydrogen-bond acceptors (Lipinski definition) is 7. The predicted molar refractivity (Wildman–Crippen MR) is 190 cm³/mol. The second kappa shape index (κ2) is 13.7. The van der Waals surface area contributed by atoms with Gasteiger partial charge in [-0.2, -0.15) is 13.2 Å². The molecule has 7 aliphatic rings. The molecule has 1 aromatic carbocycles. The first-order chi connectivity index (χ1) is 26.3. The second-order valence-electron chi connectivity index (χ2n) is 17.0. The molecule has 1 amide bonds. The fourth-order valence-electron chi connectivity index (χ4n) is 11.1. The first-order valence-corrected chi connectivity index (χ1v) is 19.8. The molecule has 10 rings (SSSR count). The number of carbonyl (C=O) groups is 2. The van der Waals surface area contributed by atoms with Crippen molar-refractivity contribution < 1.29 is 46.1 Å². The normalized spacial score (nSPS) is 31.3. The van der Waals surface area contributed by atoms with E-state index in [0.29, 0.717) is 60.2 Å². The summed E-state index contributed by atoms with van der Waals surface area (Å²) in [5, 5.41) is 13.6. The topological polar surface area (TPSA) is 119 Å². The SMILES string of the molecule is O=C(NC1(C(=O)O)C2CC3CC(C2)CC1C3)c1cnc(-c2cn(C3CCC(F)(F)CC3)c3cc(OC4CCN(C5CCOC5)CC4)ccc23)nc1C(F)(F)F. The number of benzene rings is 1. The molecule has 0 spiro atoms. The van der Waals surface area contributed by atoms with Crippen molar-refractivity contribution in [2.75, 3.05) is 26.3 Å². The number of nitrogens with one attached hydrogen (secondary N) is 1. The molecule has 55 heavy (non-hydrogen) atoms. The standard InChI is InChI=1S/C40H46F5N5O5/c41-38(42)8-3-26(4-9-38)50-20-32(30-2-1-29(18-33(30)50)55-28-5-10-49(11-6-28)27-7-12-54-21-27)35-46-19-31(34(47-35)40(43,44)45)36(51)48-39(37(52)53)24-14-22-13-23(16-24)17-25(39)15-22/h1-2,18-20,22-28H,3-17,21H2,(H,48,51)(H,52,53). The number of alkyl halides is 5. The van der Waals surface area contributed by atoms with Crippen LogP contribution >= 0.6 is 0 Å². The van der Waals surface area contributed by atoms with Gasteiger partial charge in [0.05, 0.1) is 17.7 Å². The lowest BCUT2D eigenvalue weighted by Crippen LogP contribution is -2.70. The molecular formula is C40H46F5N5O5. The highest BCUT2D eigenvalue weighted by molar-refractivity contribution is 6.00. The summed E-state index contributed by atoms with van der Waals surface area (Å²) < 4.78 is 86.8. The van der Waals surface area contributed by atoms with Gasteiger partial charge in [0.15, 0.2) is 11.5 Å². The number of rotatable bonds is 8. The molecule has 1 atom stereocenters. The molecule has 10 nitrogen and oxygen atoms in total. The Bertz CT molecular complexity index is 1930. The maximum absolute atomic E-state index is 14.8. The molecule has 296 valence electrons. The van der Waals surface area contributed by atoms with E-state index in [1.54, 1.807) is 18.3 Å². The zero-order chi connectivity index (χ0) is 38.3. The summed E-state index contributed by atoms with van der Waals surface area (Å²) >= 11 is 0. The monoisotopic (exact) mass is 771 g/mol. The molecule has 5 aliphatic carbocycles. The van der Waals surface area contributed by atoms with E-state index in [4.69, 9.17) is 9.47 Å². The third kappa shape index (κ3) is 6.66. The lowest BCUT2D eigenvalue weighted by molar-refractivity contribution is -0.163. The van der Waals surface area contributed by atoms with Gasteiger partial charge in [-0.3, -0.25) is 9.69 Å². The van der Waals surface area contributed by atoms with Crippen LogP contribution in [0, 0.1) is 23.7 Å². The van der Waals surface area contributed by atoms with Crippen LogP contribution in [0.5, 0.6) is 5.75 Å². The summed E-state index contributed by atoms with van der Waals surface area (Å²) in [6.07, 6.45) is 3.22. The number of halogens is 5. The number of likely N-dealkylation sites (tertiary alicyclic amines) is 1. The van der Waals surface area contributed by atoms with Gasteiger partial charge < -0.3 is 24.5 Å². The fourth-order valence-corrected chi connectivity index (χ4v) is 11.1. The Kier molecular flexibility index (Phi) is 9.14. The molecule has 7 fully saturated rings. The van der Waals surface area contributed by atoms with Gasteiger partial charge in [0.1, 0.15) is 17.4 Å². The minimum absolute atomic E-state index is 0.0391. The van der Waals surface area contributed by atoms with Gasteiger partial charge in [-0.05, 0) is 100 Å². The van der Waals surface area contributed by atoms with E-state index in [2.05, 4.69) is 20.2 Å². The smallest absolute Gasteiger partial charge is 0.434 e. The van der Waals surface area contributed by atoms with Gasteiger partial charge in [-0.1, -0.05) is 0 Å². The van der Waals surface area contributed by atoms with Crippen LogP contribution in [0.4, 0.5) is 22.0 Å². The highest BCUT2D eigenvalue weighted by atomic mass is 19.4. The number of fused-ring (bicyclic) bond motifs is 1. The number of piperidine rings is 1. The van der Waals surface area contributed by atoms with Crippen LogP contribution < -0.4 is 10.1 Å². The zero-order valence-corrected chi connectivity index (χ0v) is 30.5. The number of aromatic nitrogens is 3. The van der Waals surface area contributed by atoms with Gasteiger partial charge in [0.25, 0.3) is 5.91 Å². The summed E-state index contributed by atoms with van der Waals surface area (Å²) in [6, 6.07) is 5.38. The van der Waals surface area contributed by atoms with Crippen LogP contribution in [0.2, 0.25) is 0 Å². The molecule has 2 saturated heterocycles. The summed E-state index contributed by atoms with van der Waals surface area (Å²) in [5.74, 6) is -4.87. The van der Waals surface area contributed by atoms with Crippen LogP contribution in [-0.2, 0) is 15.7 Å². The molecule has 2 N–H and O–H groups in total. The Labute approximate surface area is 315 Å². The van der Waals surface area contributed by atoms with Crippen LogP contribution in [0.3, 0.4) is 0 Å². The number of nitrogens with zero attached hydrogens (tertiary/aromatic N) is 4. The highest BCUT2D eigenvalue weighted by Gasteiger charge is 2.62. The van der Waals surface area contributed by atoms with Crippen LogP contribution in [0.15, 0.2) is 30.6 Å². The molecular weight excluding hydrogens is 725 g/mol. The Hall–Kier alpha value is -3.85. The minimum atomic E-state index is -5.07. The second-order valence-corrected chi connectivity index (χ2v) is 17.0. The van der Waals surface area contributed by atoms with Crippen molar-refractivity contribution in [3.05, 3.63) is 41.9 Å². The van der Waals surface area contributed by atoms with Gasteiger partial charge in [-0.25, -0.2) is 23.5 Å². The number of amides is 1. The third-order valence-electron chi connectivity index (χ3n) is 13.7. The molecule has 15 heteroatoms. The van der Waals surface area contributed by atoms with E-state index in [1.165, 1.54) is 0 Å². The minimum Gasteiger partial charge on any atom is -0.490 e. The van der Waals surface area contributed by atoms with E-state index < -0.39 is 40.8 Å². The maximum Gasteiger partial charge on any atom is 0.434 e. The summed E-state index contributed by atoms with van der Waals surface area (Å²) in [6.45, 7) is 3.28. The van der Waals surface area contributed by atoms with Gasteiger partial charge >= 0.3 is 12.1 Å². The van der Waals surface area contributed by atoms with Crippen molar-refractivity contribution in [1.29, 1.82) is 0 Å². The first-order valence-electron chi connectivity index (χ1n) is 19.8. The van der Waals surface area contributed by atoms with Crippen molar-refractivity contribution in [3.8, 4) is 17.1 Å². The number of carboxylic acid groups (broad SMARTS) is 1. The molecule has 2 aliphatic heterocycles. The lowest BCUT2D eigenvalue weighted by atomic mass is 9.48. The maximum atomic E-state index is 14.8. The number of aliphatic carboxylic acids is 1. The summed E-state index contributed by atoms with van der Waals surface area (Å²) in [4.78, 5) is 37.3. The molecule has 1 unspecified atom stereocenters. The fraction of sp³-hybridized carbons (Fsp3) is 0.650. The molecule has 3 aromatic rings. The number of ether oxygens (including phenoxy) is 2. The van der Waals surface area contributed by atoms with Crippen LogP contribution in [0.1, 0.15) is 99.1 Å². The largest absolute Gasteiger partial charge is 0.490 e. The summed E-state index contributed by atoms with van der Waals surface area (Å²) in [5.41, 5.74) is -3.10. The van der Waals surface area contributed by atoms with Gasteiger partial charge in [0.2, 0.25) is 5.92 Å². The van der Waals surface area contributed by atoms with Gasteiger partial charge in [-0.15, -0.1) is 0 Å². The Morgan fingerprint density at radius 2 is 1.64 bits per heavy atom. The van der Waals surface area contributed by atoms with Crippen molar-refractivity contribution in [2.24, 2.45) is 23.7 Å². The quantitative estimate of drug-likeness (QED) is 0.226. The van der Waals surface area contributed by atoms with Crippen molar-refractivity contribution in [1.82, 2.24) is 24.8 Å². The van der Waals surface area contributed by atoms with Gasteiger partial charge in [0, 0.05) is 74.0 Å². The van der Waals surface area contributed by atoms with Crippen LogP contribution in [0.25, 0.3) is 22.3 Å². The van der Waals surface area contributed by atoms with E-state index in [9.17, 15) is 36.6 Å². The summed E-state index contributed by atoms with van der Waals surface area (Å²) in [7, 11) is 0. The number of carbonyl (C=O) groups excluding carboxylic acids is 1. The number of hydrogen-bond donors (Lipinski definition) is 2. The van der Waals surface area contributed by atoms with Crippen LogP contribution in [-0.4, -0.2) is 86.3 Å². The van der Waals surface area contributed by atoms with E-state index >= 15 is 0 Å². The van der Waals surface area contributed by atoms with Crippen molar-refractivity contribution in [2.45, 2.75) is 113 Å². The Morgan fingerprint density at radius 3 is 2.25 bits per heavy atom.